The van der Waals surface area contributed by atoms with Gasteiger partial charge in [-0.1, -0.05) is 108 Å². The summed E-state index contributed by atoms with van der Waals surface area (Å²) >= 11 is 0. The summed E-state index contributed by atoms with van der Waals surface area (Å²) in [6.45, 7) is 24.2. The van der Waals surface area contributed by atoms with Crippen molar-refractivity contribution in [1.82, 2.24) is 4.98 Å². The molecule has 0 aliphatic heterocycles. The quantitative estimate of drug-likeness (QED) is 0.0732. The van der Waals surface area contributed by atoms with E-state index in [0.717, 1.165) is 64.4 Å². The zero-order valence-electron chi connectivity index (χ0n) is 30.6. The van der Waals surface area contributed by atoms with Crippen LogP contribution in [0.2, 0.25) is 19.6 Å². The molecule has 48 heavy (non-hydrogen) atoms. The Morgan fingerprint density at radius 3 is 2.17 bits per heavy atom. The number of aliphatic hydroxyl groups excluding tert-OH is 1. The Hall–Kier alpha value is -3.05. The molecule has 5 aromatic rings. The molecule has 0 amide bonds. The van der Waals surface area contributed by atoms with E-state index in [2.05, 4.69) is 89.8 Å². The summed E-state index contributed by atoms with van der Waals surface area (Å²) in [6, 6.07) is 17.4. The van der Waals surface area contributed by atoms with E-state index in [-0.39, 0.29) is 48.9 Å². The molecule has 3 aromatic carbocycles. The monoisotopic (exact) mass is 839 g/mol. The molecule has 0 fully saturated rings. The molecule has 1 N–H and O–H groups in total. The number of benzene rings is 3. The summed E-state index contributed by atoms with van der Waals surface area (Å²) in [6.07, 6.45) is 6.87. The Bertz CT molecular complexity index is 2010. The summed E-state index contributed by atoms with van der Waals surface area (Å²) in [7, 11) is -1.60. The Balaban J connectivity index is 0.000000279. The number of carbonyl (C=O) groups excluding carboxylic acids is 1. The van der Waals surface area contributed by atoms with Gasteiger partial charge in [0.15, 0.2) is 5.78 Å². The fourth-order valence-electron chi connectivity index (χ4n) is 7.24. The molecule has 6 rings (SSSR count). The second kappa shape index (κ2) is 14.4. The van der Waals surface area contributed by atoms with E-state index in [1.165, 1.54) is 38.7 Å². The van der Waals surface area contributed by atoms with Crippen LogP contribution in [-0.2, 0) is 30.3 Å². The molecule has 4 nitrogen and oxygen atoms in total. The number of aliphatic hydroxyl groups is 1. The predicted octanol–water partition coefficient (Wildman–Crippen LogP) is 11.3. The first kappa shape index (κ1) is 37.8. The van der Waals surface area contributed by atoms with Crippen LogP contribution in [0, 0.1) is 31.7 Å². The first-order chi connectivity index (χ1) is 22.2. The van der Waals surface area contributed by atoms with Crippen LogP contribution < -0.4 is 5.19 Å². The third-order valence-electron chi connectivity index (χ3n) is 10.3. The van der Waals surface area contributed by atoms with Crippen LogP contribution >= 0.6 is 0 Å². The molecule has 1 radical (unpaired) electrons. The summed E-state index contributed by atoms with van der Waals surface area (Å²) in [5.41, 5.74) is 8.90. The second-order valence-electron chi connectivity index (χ2n) is 15.0. The minimum absolute atomic E-state index is 0. The standard InChI is InChI=1S/C29H28NOSi.C13H24O2.Ir/c1-16-8-9-18-13-20-22(14-19(18)12-16)29(3,4)21-10-11-23(32(5,6)7)28-24(21)25-26(20)30-15-17(2)27(25)31-28;1-5-10(6-2)12(14)9-13(15)11(7-3)8-4;/h8-12,14-15H,1-7H3;9-11,14H,5-8H2,1-4H3;/q-1;;/b;12-9-;. The maximum atomic E-state index is 11.7. The Labute approximate surface area is 301 Å². The molecule has 0 spiro atoms. The number of allylic oxidation sites excluding steroid dienone is 2. The molecular weight excluding hydrogens is 787 g/mol. The molecule has 0 saturated heterocycles. The van der Waals surface area contributed by atoms with Crippen molar-refractivity contribution in [3.63, 3.8) is 0 Å². The molecule has 257 valence electrons. The van der Waals surface area contributed by atoms with Crippen LogP contribution in [0.15, 0.2) is 58.8 Å². The van der Waals surface area contributed by atoms with Crippen LogP contribution in [0.5, 0.6) is 0 Å². The van der Waals surface area contributed by atoms with Crippen LogP contribution in [0.4, 0.5) is 0 Å². The van der Waals surface area contributed by atoms with E-state index in [1.807, 2.05) is 33.9 Å². The van der Waals surface area contributed by atoms with E-state index < -0.39 is 8.07 Å². The van der Waals surface area contributed by atoms with Gasteiger partial charge in [0, 0.05) is 66.2 Å². The minimum Gasteiger partial charge on any atom is -0.512 e. The molecule has 2 heterocycles. The predicted molar refractivity (Wildman–Crippen MR) is 202 cm³/mol. The van der Waals surface area contributed by atoms with Gasteiger partial charge in [-0.2, -0.15) is 0 Å². The third-order valence-corrected chi connectivity index (χ3v) is 12.3. The molecule has 0 unspecified atom stereocenters. The zero-order chi connectivity index (χ0) is 34.4. The number of pyridine rings is 1. The maximum absolute atomic E-state index is 11.7. The van der Waals surface area contributed by atoms with Crippen molar-refractivity contribution in [3.05, 3.63) is 82.8 Å². The molecule has 0 bridgehead atoms. The van der Waals surface area contributed by atoms with Gasteiger partial charge in [0.05, 0.1) is 13.8 Å². The number of aryl methyl sites for hydroxylation is 2. The smallest absolute Gasteiger partial charge is 0.162 e. The van der Waals surface area contributed by atoms with Crippen molar-refractivity contribution in [3.8, 4) is 11.3 Å². The number of hydrogen-bond acceptors (Lipinski definition) is 4. The van der Waals surface area contributed by atoms with E-state index in [9.17, 15) is 9.90 Å². The Kier molecular flexibility index (Phi) is 11.4. The number of nitrogens with zero attached hydrogens (tertiary/aromatic N) is 1. The maximum Gasteiger partial charge on any atom is 0.162 e. The number of carbonyl (C=O) groups is 1. The largest absolute Gasteiger partial charge is 0.512 e. The number of fused-ring (bicyclic) bond motifs is 3. The van der Waals surface area contributed by atoms with Crippen molar-refractivity contribution in [2.45, 2.75) is 106 Å². The normalized spacial score (nSPS) is 13.9. The summed E-state index contributed by atoms with van der Waals surface area (Å²) in [5.74, 6) is 0.547. The van der Waals surface area contributed by atoms with Gasteiger partial charge in [0.25, 0.3) is 0 Å². The number of furan rings is 1. The van der Waals surface area contributed by atoms with Crippen LogP contribution in [-0.4, -0.2) is 23.9 Å². The van der Waals surface area contributed by atoms with Crippen LogP contribution in [0.3, 0.4) is 0 Å². The fraction of sp³-hybridized carbons (Fsp3) is 0.429. The molecule has 2 aromatic heterocycles. The van der Waals surface area contributed by atoms with E-state index in [0.29, 0.717) is 0 Å². The van der Waals surface area contributed by atoms with E-state index in [1.54, 1.807) is 0 Å². The zero-order valence-corrected chi connectivity index (χ0v) is 34.0. The number of hydrogen-bond donors (Lipinski definition) is 1. The Morgan fingerprint density at radius 2 is 1.56 bits per heavy atom. The third kappa shape index (κ3) is 6.73. The summed E-state index contributed by atoms with van der Waals surface area (Å²) < 4.78 is 6.69. The van der Waals surface area contributed by atoms with Gasteiger partial charge >= 0.3 is 0 Å². The molecule has 1 aliphatic rings. The number of aromatic nitrogens is 1. The van der Waals surface area contributed by atoms with Gasteiger partial charge in [-0.15, -0.1) is 23.6 Å². The van der Waals surface area contributed by atoms with Gasteiger partial charge in [0.1, 0.15) is 11.2 Å². The summed E-state index contributed by atoms with van der Waals surface area (Å²) in [4.78, 5) is 16.7. The first-order valence-electron chi connectivity index (χ1n) is 17.4. The van der Waals surface area contributed by atoms with Gasteiger partial charge in [-0.05, 0) is 55.7 Å². The summed E-state index contributed by atoms with van der Waals surface area (Å²) in [5, 5.41) is 15.9. The SMILES string of the molecule is CCC(CC)C(=O)/C=C(\O)C(CC)CC.Cc1ccc2[c-]c3c(cc2c1)C(C)(C)c1ccc([Si](C)(C)C)c2oc4c(C)cnc-3c4c12.[Ir]. The van der Waals surface area contributed by atoms with Crippen molar-refractivity contribution in [2.75, 3.05) is 0 Å². The molecular formula is C42H52IrNO3Si-. The fourth-order valence-corrected chi connectivity index (χ4v) is 8.68. The Morgan fingerprint density at radius 1 is 0.917 bits per heavy atom. The van der Waals surface area contributed by atoms with Crippen molar-refractivity contribution >= 4 is 51.8 Å². The topological polar surface area (TPSA) is 63.3 Å². The molecule has 0 atom stereocenters. The molecule has 6 heteroatoms. The van der Waals surface area contributed by atoms with Crippen LogP contribution in [0.1, 0.15) is 89.5 Å². The van der Waals surface area contributed by atoms with Gasteiger partial charge in [-0.3, -0.25) is 9.78 Å². The molecule has 0 saturated carbocycles. The van der Waals surface area contributed by atoms with Crippen molar-refractivity contribution < 1.29 is 34.4 Å². The average molecular weight is 839 g/mol. The van der Waals surface area contributed by atoms with Crippen molar-refractivity contribution in [1.29, 1.82) is 0 Å². The first-order valence-corrected chi connectivity index (χ1v) is 20.9. The van der Waals surface area contributed by atoms with Gasteiger partial charge < -0.3 is 9.52 Å². The van der Waals surface area contributed by atoms with Crippen molar-refractivity contribution in [2.24, 2.45) is 11.8 Å². The van der Waals surface area contributed by atoms with Gasteiger partial charge in [-0.25, -0.2) is 0 Å². The molecule has 1 aliphatic carbocycles. The minimum atomic E-state index is -1.60. The van der Waals surface area contributed by atoms with Crippen LogP contribution in [0.25, 0.3) is 44.0 Å². The van der Waals surface area contributed by atoms with Gasteiger partial charge in [0.2, 0.25) is 0 Å². The van der Waals surface area contributed by atoms with E-state index in [4.69, 9.17) is 9.40 Å². The number of ketones is 1. The van der Waals surface area contributed by atoms with E-state index >= 15 is 0 Å². The second-order valence-corrected chi connectivity index (χ2v) is 20.0. The average Bonchev–Trinajstić information content (AvgIpc) is 3.39. The number of rotatable bonds is 8.